The Morgan fingerprint density at radius 2 is 1.87 bits per heavy atom. The highest BCUT2D eigenvalue weighted by atomic mass is 35.5. The zero-order valence-corrected chi connectivity index (χ0v) is 18.0. The van der Waals surface area contributed by atoms with Gasteiger partial charge in [0.2, 0.25) is 0 Å². The molecule has 1 fully saturated rings. The molecule has 30 heavy (non-hydrogen) atoms. The molecule has 1 heterocycles. The van der Waals surface area contributed by atoms with Crippen molar-refractivity contribution in [2.24, 2.45) is 0 Å². The number of H-pyrrole nitrogens is 1. The molecule has 0 saturated heterocycles. The number of hydrogen-bond donors (Lipinski definition) is 3. The summed E-state index contributed by atoms with van der Waals surface area (Å²) in [6, 6.07) is 15.7. The standard InChI is InChI=1S/C23H28N4O2.ClH/c1-29-18-13-11-16(12-14-18)15-21(22-25-19-9-5-6-10-20(19)26-22)27-23(28)24-17-7-3-2-4-8-17;/h5-6,9-14,17,21H,2-4,7-8,15H2,1H3,(H,25,26)(H2,24,27,28);1H. The first-order valence-electron chi connectivity index (χ1n) is 10.4. The molecule has 1 aliphatic rings. The Kier molecular flexibility index (Phi) is 7.57. The third-order valence-electron chi connectivity index (χ3n) is 5.58. The highest BCUT2D eigenvalue weighted by Crippen LogP contribution is 2.22. The largest absolute Gasteiger partial charge is 0.497 e. The van der Waals surface area contributed by atoms with E-state index in [1.165, 1.54) is 19.3 Å². The third-order valence-corrected chi connectivity index (χ3v) is 5.58. The molecule has 1 saturated carbocycles. The summed E-state index contributed by atoms with van der Waals surface area (Å²) in [5.74, 6) is 1.58. The number of urea groups is 1. The molecular formula is C23H29ClN4O2. The molecule has 1 aromatic heterocycles. The van der Waals surface area contributed by atoms with Crippen molar-refractivity contribution in [2.75, 3.05) is 7.11 Å². The van der Waals surface area contributed by atoms with Gasteiger partial charge in [-0.15, -0.1) is 12.4 Å². The number of benzene rings is 2. The van der Waals surface area contributed by atoms with Crippen LogP contribution in [-0.4, -0.2) is 29.2 Å². The van der Waals surface area contributed by atoms with E-state index in [1.807, 2.05) is 48.5 Å². The predicted octanol–water partition coefficient (Wildman–Crippen LogP) is 4.91. The second kappa shape index (κ2) is 10.3. The molecular weight excluding hydrogens is 400 g/mol. The van der Waals surface area contributed by atoms with Gasteiger partial charge in [-0.3, -0.25) is 0 Å². The summed E-state index contributed by atoms with van der Waals surface area (Å²) >= 11 is 0. The van der Waals surface area contributed by atoms with E-state index >= 15 is 0 Å². The van der Waals surface area contributed by atoms with Crippen LogP contribution < -0.4 is 15.4 Å². The quantitative estimate of drug-likeness (QED) is 0.522. The van der Waals surface area contributed by atoms with Gasteiger partial charge in [0.25, 0.3) is 0 Å². The van der Waals surface area contributed by atoms with Crippen LogP contribution in [0.4, 0.5) is 4.79 Å². The summed E-state index contributed by atoms with van der Waals surface area (Å²) in [7, 11) is 1.66. The maximum absolute atomic E-state index is 12.7. The number of rotatable bonds is 6. The van der Waals surface area contributed by atoms with Gasteiger partial charge in [0.15, 0.2) is 0 Å². The minimum atomic E-state index is -0.251. The third kappa shape index (κ3) is 5.45. The van der Waals surface area contributed by atoms with Gasteiger partial charge in [0, 0.05) is 6.04 Å². The molecule has 3 N–H and O–H groups in total. The van der Waals surface area contributed by atoms with Gasteiger partial charge in [-0.2, -0.15) is 0 Å². The normalized spacial score (nSPS) is 15.2. The van der Waals surface area contributed by atoms with Crippen molar-refractivity contribution in [2.45, 2.75) is 50.6 Å². The van der Waals surface area contributed by atoms with Crippen molar-refractivity contribution >= 4 is 29.5 Å². The number of amides is 2. The fourth-order valence-electron chi connectivity index (χ4n) is 3.98. The van der Waals surface area contributed by atoms with E-state index in [9.17, 15) is 4.79 Å². The van der Waals surface area contributed by atoms with Gasteiger partial charge in [-0.25, -0.2) is 9.78 Å². The number of nitrogens with zero attached hydrogens (tertiary/aromatic N) is 1. The van der Waals surface area contributed by atoms with Crippen LogP contribution in [0.3, 0.4) is 0 Å². The molecule has 2 amide bonds. The van der Waals surface area contributed by atoms with Gasteiger partial charge >= 0.3 is 6.03 Å². The van der Waals surface area contributed by atoms with E-state index in [2.05, 4.69) is 15.6 Å². The lowest BCUT2D eigenvalue weighted by Gasteiger charge is -2.24. The van der Waals surface area contributed by atoms with Crippen LogP contribution in [0, 0.1) is 0 Å². The molecule has 160 valence electrons. The lowest BCUT2D eigenvalue weighted by Crippen LogP contribution is -2.44. The van der Waals surface area contributed by atoms with Crippen molar-refractivity contribution in [3.8, 4) is 5.75 Å². The number of fused-ring (bicyclic) bond motifs is 1. The van der Waals surface area contributed by atoms with Gasteiger partial charge in [-0.05, 0) is 49.1 Å². The van der Waals surface area contributed by atoms with E-state index in [4.69, 9.17) is 9.72 Å². The van der Waals surface area contributed by atoms with E-state index < -0.39 is 0 Å². The molecule has 0 spiro atoms. The Morgan fingerprint density at radius 3 is 2.57 bits per heavy atom. The molecule has 1 unspecified atom stereocenters. The van der Waals surface area contributed by atoms with Crippen LogP contribution >= 0.6 is 12.4 Å². The number of carbonyl (C=O) groups excluding carboxylic acids is 1. The number of para-hydroxylation sites is 2. The topological polar surface area (TPSA) is 79.0 Å². The van der Waals surface area contributed by atoms with Crippen LogP contribution in [-0.2, 0) is 6.42 Å². The van der Waals surface area contributed by atoms with Crippen LogP contribution in [0.1, 0.15) is 49.5 Å². The smallest absolute Gasteiger partial charge is 0.315 e. The number of methoxy groups -OCH3 is 1. The summed E-state index contributed by atoms with van der Waals surface area (Å²) in [5, 5.41) is 6.29. The number of hydrogen-bond acceptors (Lipinski definition) is 3. The minimum absolute atomic E-state index is 0. The molecule has 4 rings (SSSR count). The molecule has 2 aromatic carbocycles. The number of aromatic nitrogens is 2. The van der Waals surface area contributed by atoms with Crippen molar-refractivity contribution in [1.29, 1.82) is 0 Å². The van der Waals surface area contributed by atoms with Gasteiger partial charge in [0.05, 0.1) is 24.2 Å². The first-order chi connectivity index (χ1) is 14.2. The summed E-state index contributed by atoms with van der Waals surface area (Å²) in [6.07, 6.45) is 6.39. The molecule has 6 nitrogen and oxygen atoms in total. The van der Waals surface area contributed by atoms with E-state index in [0.717, 1.165) is 41.0 Å². The lowest BCUT2D eigenvalue weighted by molar-refractivity contribution is 0.228. The van der Waals surface area contributed by atoms with Crippen LogP contribution in [0.5, 0.6) is 5.75 Å². The summed E-state index contributed by atoms with van der Waals surface area (Å²) in [6.45, 7) is 0. The van der Waals surface area contributed by atoms with E-state index in [-0.39, 0.29) is 30.5 Å². The average molecular weight is 429 g/mol. The average Bonchev–Trinajstić information content (AvgIpc) is 3.19. The highest BCUT2D eigenvalue weighted by Gasteiger charge is 2.21. The Morgan fingerprint density at radius 1 is 1.13 bits per heavy atom. The van der Waals surface area contributed by atoms with Crippen LogP contribution in [0.15, 0.2) is 48.5 Å². The van der Waals surface area contributed by atoms with Gasteiger partial charge in [0.1, 0.15) is 11.6 Å². The maximum Gasteiger partial charge on any atom is 0.315 e. The minimum Gasteiger partial charge on any atom is -0.497 e. The molecule has 3 aromatic rings. The number of halogens is 1. The summed E-state index contributed by atoms with van der Waals surface area (Å²) in [5.41, 5.74) is 2.97. The van der Waals surface area contributed by atoms with Crippen LogP contribution in [0.2, 0.25) is 0 Å². The van der Waals surface area contributed by atoms with Crippen LogP contribution in [0.25, 0.3) is 11.0 Å². The number of aromatic amines is 1. The molecule has 7 heteroatoms. The molecule has 1 atom stereocenters. The SMILES string of the molecule is COc1ccc(CC(NC(=O)NC2CCCCC2)c2nc3ccccc3[nH]2)cc1.Cl. The monoisotopic (exact) mass is 428 g/mol. The maximum atomic E-state index is 12.7. The number of ether oxygens (including phenoxy) is 1. The van der Waals surface area contributed by atoms with Crippen molar-refractivity contribution < 1.29 is 9.53 Å². The van der Waals surface area contributed by atoms with Gasteiger partial charge in [-0.1, -0.05) is 43.5 Å². The first kappa shape index (κ1) is 22.0. The molecule has 1 aliphatic carbocycles. The fourth-order valence-corrected chi connectivity index (χ4v) is 3.98. The Labute approximate surface area is 183 Å². The van der Waals surface area contributed by atoms with E-state index in [1.54, 1.807) is 7.11 Å². The zero-order valence-electron chi connectivity index (χ0n) is 17.2. The number of imidazole rings is 1. The van der Waals surface area contributed by atoms with Crippen molar-refractivity contribution in [3.05, 3.63) is 59.9 Å². The molecule has 0 radical (unpaired) electrons. The fraction of sp³-hybridized carbons (Fsp3) is 0.391. The van der Waals surface area contributed by atoms with Crippen molar-refractivity contribution in [1.82, 2.24) is 20.6 Å². The zero-order chi connectivity index (χ0) is 20.1. The molecule has 0 aliphatic heterocycles. The first-order valence-corrected chi connectivity index (χ1v) is 10.4. The van der Waals surface area contributed by atoms with E-state index in [0.29, 0.717) is 6.42 Å². The Balaban J connectivity index is 0.00000256. The number of nitrogens with one attached hydrogen (secondary N) is 3. The Hall–Kier alpha value is -2.73. The van der Waals surface area contributed by atoms with Gasteiger partial charge < -0.3 is 20.4 Å². The summed E-state index contributed by atoms with van der Waals surface area (Å²) < 4.78 is 5.25. The Bertz CT molecular complexity index is 918. The second-order valence-electron chi connectivity index (χ2n) is 7.70. The lowest BCUT2D eigenvalue weighted by atomic mass is 9.96. The van der Waals surface area contributed by atoms with Crippen molar-refractivity contribution in [3.63, 3.8) is 0 Å². The summed E-state index contributed by atoms with van der Waals surface area (Å²) in [4.78, 5) is 20.8. The molecule has 0 bridgehead atoms. The number of carbonyl (C=O) groups is 1. The predicted molar refractivity (Wildman–Crippen MR) is 121 cm³/mol. The highest BCUT2D eigenvalue weighted by molar-refractivity contribution is 5.85. The second-order valence-corrected chi connectivity index (χ2v) is 7.70.